The van der Waals surface area contributed by atoms with Gasteiger partial charge in [0.15, 0.2) is 0 Å². The zero-order chi connectivity index (χ0) is 21.3. The third-order valence-corrected chi connectivity index (χ3v) is 5.15. The average molecular weight is 416 g/mol. The minimum absolute atomic E-state index is 0.233. The van der Waals surface area contributed by atoms with E-state index in [4.69, 9.17) is 14.6 Å². The number of amides is 1. The van der Waals surface area contributed by atoms with E-state index in [-0.39, 0.29) is 19.1 Å². The number of benzene rings is 1. The van der Waals surface area contributed by atoms with Gasteiger partial charge in [-0.15, -0.1) is 0 Å². The Morgan fingerprint density at radius 2 is 1.70 bits per heavy atom. The number of anilines is 2. The maximum absolute atomic E-state index is 13.6. The quantitative estimate of drug-likeness (QED) is 0.642. The van der Waals surface area contributed by atoms with Gasteiger partial charge in [0.05, 0.1) is 24.6 Å². The Bertz CT molecular complexity index is 840. The first-order chi connectivity index (χ1) is 14.5. The molecule has 160 valence electrons. The predicted octanol–water partition coefficient (Wildman–Crippen LogP) is 4.40. The number of hydrogen-bond acceptors (Lipinski definition) is 5. The van der Waals surface area contributed by atoms with E-state index in [0.717, 1.165) is 25.7 Å². The van der Waals surface area contributed by atoms with Gasteiger partial charge in [0, 0.05) is 12.3 Å². The third kappa shape index (κ3) is 6.25. The van der Waals surface area contributed by atoms with Crippen molar-refractivity contribution in [2.75, 3.05) is 24.7 Å². The molecule has 30 heavy (non-hydrogen) atoms. The molecule has 1 N–H and O–H groups in total. The zero-order valence-electron chi connectivity index (χ0n) is 16.6. The normalized spacial score (nSPS) is 18.6. The number of aromatic nitrogens is 1. The summed E-state index contributed by atoms with van der Waals surface area (Å²) in [5, 5.41) is 8.63. The molecule has 1 aromatic carbocycles. The maximum Gasteiger partial charge on any atom is 0.418 e. The highest BCUT2D eigenvalue weighted by Crippen LogP contribution is 2.30. The first-order valence-electron chi connectivity index (χ1n) is 9.96. The smallest absolute Gasteiger partial charge is 0.418 e. The van der Waals surface area contributed by atoms with Gasteiger partial charge in [0.1, 0.15) is 6.61 Å². The predicted molar refractivity (Wildman–Crippen MR) is 108 cm³/mol. The molecule has 8 heteroatoms. The first-order valence-corrected chi connectivity index (χ1v) is 9.96. The minimum atomic E-state index is -0.965. The van der Waals surface area contributed by atoms with Crippen LogP contribution < -0.4 is 4.90 Å². The minimum Gasteiger partial charge on any atom is -0.480 e. The van der Waals surface area contributed by atoms with Crippen molar-refractivity contribution in [2.45, 2.75) is 25.7 Å². The Labute approximate surface area is 174 Å². The molecule has 0 saturated heterocycles. The Hall–Kier alpha value is -3.00. The van der Waals surface area contributed by atoms with E-state index in [1.165, 1.54) is 17.2 Å². The van der Waals surface area contributed by atoms with Crippen LogP contribution in [0.3, 0.4) is 0 Å². The SMILES string of the molecule is O=C(O)COC[C@H]1CC[C@H](COC(=O)N(c2ccccc2)c2ccnc(F)c2)CC1. The summed E-state index contributed by atoms with van der Waals surface area (Å²) in [6.45, 7) is 0.440. The first kappa shape index (κ1) is 21.7. The number of carboxylic acid groups (broad SMARTS) is 1. The number of para-hydroxylation sites is 1. The van der Waals surface area contributed by atoms with Crippen molar-refractivity contribution in [2.24, 2.45) is 11.8 Å². The molecule has 7 nitrogen and oxygen atoms in total. The largest absolute Gasteiger partial charge is 0.480 e. The summed E-state index contributed by atoms with van der Waals surface area (Å²) in [5.74, 6) is -1.08. The van der Waals surface area contributed by atoms with Crippen LogP contribution in [-0.4, -0.2) is 42.0 Å². The second-order valence-electron chi connectivity index (χ2n) is 7.38. The molecule has 0 aliphatic heterocycles. The number of ether oxygens (including phenoxy) is 2. The summed E-state index contributed by atoms with van der Waals surface area (Å²) in [6, 6.07) is 11.7. The third-order valence-electron chi connectivity index (χ3n) is 5.15. The highest BCUT2D eigenvalue weighted by molar-refractivity contribution is 5.95. The molecule has 0 bridgehead atoms. The lowest BCUT2D eigenvalue weighted by molar-refractivity contribution is -0.142. The lowest BCUT2D eigenvalue weighted by Crippen LogP contribution is -2.30. The number of carboxylic acids is 1. The molecule has 1 aromatic heterocycles. The van der Waals surface area contributed by atoms with Gasteiger partial charge in [0.25, 0.3) is 0 Å². The molecule has 0 atom stereocenters. The summed E-state index contributed by atoms with van der Waals surface area (Å²) < 4.78 is 24.4. The van der Waals surface area contributed by atoms with Crippen LogP contribution in [-0.2, 0) is 14.3 Å². The van der Waals surface area contributed by atoms with Gasteiger partial charge in [-0.05, 0) is 55.7 Å². The van der Waals surface area contributed by atoms with Gasteiger partial charge in [-0.1, -0.05) is 18.2 Å². The Kier molecular flexibility index (Phi) is 7.73. The van der Waals surface area contributed by atoms with Gasteiger partial charge in [0.2, 0.25) is 5.95 Å². The van der Waals surface area contributed by atoms with E-state index in [1.54, 1.807) is 30.3 Å². The molecule has 1 heterocycles. The molecule has 3 rings (SSSR count). The standard InChI is InChI=1S/C22H25FN2O5/c23-20-12-19(10-11-24-20)25(18-4-2-1-3-5-18)22(28)30-14-17-8-6-16(7-9-17)13-29-15-21(26)27/h1-5,10-12,16-17H,6-9,13-15H2,(H,26,27)/t16-,17-. The summed E-state index contributed by atoms with van der Waals surface area (Å²) in [4.78, 5) is 28.2. The zero-order valence-corrected chi connectivity index (χ0v) is 16.6. The highest BCUT2D eigenvalue weighted by atomic mass is 19.1. The van der Waals surface area contributed by atoms with Crippen molar-refractivity contribution in [3.63, 3.8) is 0 Å². The van der Waals surface area contributed by atoms with Crippen molar-refractivity contribution in [1.29, 1.82) is 0 Å². The molecule has 1 aliphatic carbocycles. The summed E-state index contributed by atoms with van der Waals surface area (Å²) in [6.07, 6.45) is 4.30. The van der Waals surface area contributed by atoms with E-state index in [0.29, 0.717) is 23.9 Å². The molecule has 1 saturated carbocycles. The fraction of sp³-hybridized carbons (Fsp3) is 0.409. The lowest BCUT2D eigenvalue weighted by atomic mass is 9.83. The molecule has 1 aliphatic rings. The van der Waals surface area contributed by atoms with Crippen LogP contribution in [0, 0.1) is 17.8 Å². The summed E-state index contributed by atoms with van der Waals surface area (Å²) in [7, 11) is 0. The van der Waals surface area contributed by atoms with E-state index in [1.807, 2.05) is 6.07 Å². The average Bonchev–Trinajstić information content (AvgIpc) is 2.74. The number of nitrogens with zero attached hydrogens (tertiary/aromatic N) is 2. The lowest BCUT2D eigenvalue weighted by Gasteiger charge is -2.29. The van der Waals surface area contributed by atoms with Crippen LogP contribution in [0.1, 0.15) is 25.7 Å². The Balaban J connectivity index is 1.55. The Morgan fingerprint density at radius 1 is 1.03 bits per heavy atom. The van der Waals surface area contributed by atoms with Gasteiger partial charge < -0.3 is 14.6 Å². The van der Waals surface area contributed by atoms with Crippen LogP contribution in [0.25, 0.3) is 0 Å². The van der Waals surface area contributed by atoms with Crippen molar-refractivity contribution < 1.29 is 28.6 Å². The van der Waals surface area contributed by atoms with E-state index >= 15 is 0 Å². The van der Waals surface area contributed by atoms with E-state index < -0.39 is 18.0 Å². The summed E-state index contributed by atoms with van der Waals surface area (Å²) in [5.41, 5.74) is 0.922. The number of aliphatic carboxylic acids is 1. The van der Waals surface area contributed by atoms with Crippen LogP contribution in [0.5, 0.6) is 0 Å². The van der Waals surface area contributed by atoms with Crippen LogP contribution >= 0.6 is 0 Å². The van der Waals surface area contributed by atoms with Crippen LogP contribution in [0.15, 0.2) is 48.7 Å². The summed E-state index contributed by atoms with van der Waals surface area (Å²) >= 11 is 0. The molecular weight excluding hydrogens is 391 g/mol. The number of rotatable bonds is 8. The fourth-order valence-electron chi connectivity index (χ4n) is 3.60. The van der Waals surface area contributed by atoms with Crippen molar-refractivity contribution in [3.8, 4) is 0 Å². The monoisotopic (exact) mass is 416 g/mol. The van der Waals surface area contributed by atoms with Crippen LogP contribution in [0.4, 0.5) is 20.6 Å². The van der Waals surface area contributed by atoms with Crippen molar-refractivity contribution in [3.05, 3.63) is 54.6 Å². The van der Waals surface area contributed by atoms with Gasteiger partial charge >= 0.3 is 12.1 Å². The number of pyridine rings is 1. The number of hydrogen-bond donors (Lipinski definition) is 1. The highest BCUT2D eigenvalue weighted by Gasteiger charge is 2.25. The van der Waals surface area contributed by atoms with Gasteiger partial charge in [-0.3, -0.25) is 0 Å². The van der Waals surface area contributed by atoms with Gasteiger partial charge in [-0.2, -0.15) is 4.39 Å². The topological polar surface area (TPSA) is 89.0 Å². The second kappa shape index (κ2) is 10.7. The number of carbonyl (C=O) groups is 2. The Morgan fingerprint density at radius 3 is 2.33 bits per heavy atom. The molecule has 1 amide bonds. The van der Waals surface area contributed by atoms with E-state index in [2.05, 4.69) is 4.98 Å². The molecule has 2 aromatic rings. The number of halogens is 1. The molecule has 0 radical (unpaired) electrons. The van der Waals surface area contributed by atoms with Crippen molar-refractivity contribution in [1.82, 2.24) is 4.98 Å². The molecule has 0 spiro atoms. The van der Waals surface area contributed by atoms with Gasteiger partial charge in [-0.25, -0.2) is 19.5 Å². The van der Waals surface area contributed by atoms with Crippen LogP contribution in [0.2, 0.25) is 0 Å². The van der Waals surface area contributed by atoms with Crippen molar-refractivity contribution >= 4 is 23.4 Å². The van der Waals surface area contributed by atoms with E-state index in [9.17, 15) is 14.0 Å². The molecule has 0 unspecified atom stereocenters. The number of carbonyl (C=O) groups excluding carboxylic acids is 1. The molecular formula is C22H25FN2O5. The second-order valence-corrected chi connectivity index (χ2v) is 7.38. The maximum atomic E-state index is 13.6. The fourth-order valence-corrected chi connectivity index (χ4v) is 3.60. The molecule has 1 fully saturated rings.